The molecule has 0 radical (unpaired) electrons. The fourth-order valence-corrected chi connectivity index (χ4v) is 3.20. The summed E-state index contributed by atoms with van der Waals surface area (Å²) < 4.78 is 25.7. The molecule has 0 aliphatic carbocycles. The Bertz CT molecular complexity index is 739. The zero-order chi connectivity index (χ0) is 18.8. The molecular formula is C19H27FN4O2. The fraction of sp³-hybridized carbons (Fsp3) is 0.579. The molecule has 2 aromatic rings. The molecule has 1 saturated heterocycles. The molecular weight excluding hydrogens is 335 g/mol. The zero-order valence-corrected chi connectivity index (χ0v) is 16.0. The Morgan fingerprint density at radius 3 is 2.46 bits per heavy atom. The van der Waals surface area contributed by atoms with Gasteiger partial charge in [-0.25, -0.2) is 4.39 Å². The number of benzene rings is 1. The number of halogens is 1. The first-order valence-corrected chi connectivity index (χ1v) is 9.13. The van der Waals surface area contributed by atoms with E-state index in [1.165, 1.54) is 6.07 Å². The molecule has 3 rings (SSSR count). The highest BCUT2D eigenvalue weighted by molar-refractivity contribution is 5.57. The van der Waals surface area contributed by atoms with Gasteiger partial charge in [-0.15, -0.1) is 0 Å². The number of hydrogen-bond acceptors (Lipinski definition) is 6. The van der Waals surface area contributed by atoms with Crippen molar-refractivity contribution in [2.24, 2.45) is 0 Å². The second kappa shape index (κ2) is 7.61. The van der Waals surface area contributed by atoms with Crippen molar-refractivity contribution in [3.63, 3.8) is 0 Å². The van der Waals surface area contributed by atoms with E-state index in [2.05, 4.69) is 15.5 Å². The molecule has 26 heavy (non-hydrogen) atoms. The number of nitrogens with zero attached hydrogens (tertiary/aromatic N) is 3. The van der Waals surface area contributed by atoms with Crippen molar-refractivity contribution >= 4 is 11.4 Å². The smallest absolute Gasteiger partial charge is 0.248 e. The summed E-state index contributed by atoms with van der Waals surface area (Å²) in [7, 11) is 0. The Balaban J connectivity index is 1.70. The van der Waals surface area contributed by atoms with Crippen LogP contribution in [0, 0.1) is 5.82 Å². The predicted molar refractivity (Wildman–Crippen MR) is 99.0 cm³/mol. The maximum Gasteiger partial charge on any atom is 0.248 e. The highest BCUT2D eigenvalue weighted by Crippen LogP contribution is 2.28. The van der Waals surface area contributed by atoms with Gasteiger partial charge in [0.15, 0.2) is 5.82 Å². The lowest BCUT2D eigenvalue weighted by Gasteiger charge is -2.37. The molecule has 0 saturated carbocycles. The Labute approximate surface area is 153 Å². The summed E-state index contributed by atoms with van der Waals surface area (Å²) in [5, 5.41) is 7.19. The molecule has 1 N–H and O–H groups in total. The summed E-state index contributed by atoms with van der Waals surface area (Å²) in [6.45, 7) is 11.3. The molecule has 1 fully saturated rings. The number of nitrogens with one attached hydrogen (secondary N) is 1. The van der Waals surface area contributed by atoms with Gasteiger partial charge in [0.05, 0.1) is 17.9 Å². The summed E-state index contributed by atoms with van der Waals surface area (Å²) in [4.78, 5) is 6.42. The van der Waals surface area contributed by atoms with Crippen LogP contribution in [0.2, 0.25) is 0 Å². The lowest BCUT2D eigenvalue weighted by molar-refractivity contribution is -0.00539. The topological polar surface area (TPSA) is 63.4 Å². The van der Waals surface area contributed by atoms with Crippen LogP contribution in [-0.2, 0) is 4.74 Å². The van der Waals surface area contributed by atoms with E-state index in [0.717, 1.165) is 0 Å². The van der Waals surface area contributed by atoms with E-state index >= 15 is 0 Å². The second-order valence-corrected chi connectivity index (χ2v) is 7.34. The Morgan fingerprint density at radius 1 is 1.19 bits per heavy atom. The summed E-state index contributed by atoms with van der Waals surface area (Å²) in [6, 6.07) is 4.99. The Morgan fingerprint density at radius 2 is 1.88 bits per heavy atom. The van der Waals surface area contributed by atoms with Crippen molar-refractivity contribution in [3.8, 4) is 0 Å². The van der Waals surface area contributed by atoms with Crippen LogP contribution in [0.5, 0.6) is 0 Å². The third-order valence-corrected chi connectivity index (χ3v) is 4.44. The number of morpholine rings is 1. The molecule has 2 heterocycles. The van der Waals surface area contributed by atoms with Crippen molar-refractivity contribution in [2.75, 3.05) is 23.3 Å². The summed E-state index contributed by atoms with van der Waals surface area (Å²) >= 11 is 0. The molecule has 7 heteroatoms. The largest absolute Gasteiger partial charge is 0.374 e. The highest BCUT2D eigenvalue weighted by Gasteiger charge is 2.24. The van der Waals surface area contributed by atoms with Gasteiger partial charge in [0, 0.05) is 24.7 Å². The van der Waals surface area contributed by atoms with Gasteiger partial charge in [0.1, 0.15) is 11.9 Å². The highest BCUT2D eigenvalue weighted by atomic mass is 19.1. The van der Waals surface area contributed by atoms with Crippen LogP contribution in [0.25, 0.3) is 0 Å². The standard InChI is InChI=1S/C19H27FN4O2/c1-11(2)18-22-19(26-23-18)14(5)21-15-6-7-17(16(20)8-15)24-9-12(3)25-13(4)10-24/h6-8,11-14,21H,9-10H2,1-5H3/t12-,13-,14+/m1/s1. The normalized spacial score (nSPS) is 21.9. The number of hydrogen-bond donors (Lipinski definition) is 1. The van der Waals surface area contributed by atoms with Crippen molar-refractivity contribution < 1.29 is 13.7 Å². The van der Waals surface area contributed by atoms with E-state index in [4.69, 9.17) is 9.26 Å². The van der Waals surface area contributed by atoms with Gasteiger partial charge in [-0.2, -0.15) is 4.98 Å². The van der Waals surface area contributed by atoms with Gasteiger partial charge in [0.25, 0.3) is 0 Å². The van der Waals surface area contributed by atoms with E-state index in [0.29, 0.717) is 36.2 Å². The Hall–Kier alpha value is -2.15. The molecule has 3 atom stereocenters. The molecule has 142 valence electrons. The molecule has 6 nitrogen and oxygen atoms in total. The number of aromatic nitrogens is 2. The van der Waals surface area contributed by atoms with Crippen LogP contribution in [0.15, 0.2) is 22.7 Å². The SMILES string of the molecule is CC(C)c1noc([C@H](C)Nc2ccc(N3C[C@@H](C)O[C@H](C)C3)c(F)c2)n1. The minimum absolute atomic E-state index is 0.0867. The molecule has 0 amide bonds. The summed E-state index contributed by atoms with van der Waals surface area (Å²) in [5.41, 5.74) is 1.28. The minimum Gasteiger partial charge on any atom is -0.374 e. The predicted octanol–water partition coefficient (Wildman–Crippen LogP) is 4.12. The first-order chi connectivity index (χ1) is 12.3. The maximum atomic E-state index is 14.7. The first kappa shape index (κ1) is 18.6. The average molecular weight is 362 g/mol. The van der Waals surface area contributed by atoms with Crippen molar-refractivity contribution in [2.45, 2.75) is 58.8 Å². The average Bonchev–Trinajstić information content (AvgIpc) is 3.04. The third-order valence-electron chi connectivity index (χ3n) is 4.44. The lowest BCUT2D eigenvalue weighted by atomic mass is 10.1. The van der Waals surface area contributed by atoms with E-state index in [-0.39, 0.29) is 30.0 Å². The van der Waals surface area contributed by atoms with Gasteiger partial charge < -0.3 is 19.5 Å². The summed E-state index contributed by atoms with van der Waals surface area (Å²) in [5.74, 6) is 1.12. The van der Waals surface area contributed by atoms with E-state index < -0.39 is 0 Å². The summed E-state index contributed by atoms with van der Waals surface area (Å²) in [6.07, 6.45) is 0.173. The molecule has 1 aliphatic rings. The molecule has 1 aromatic carbocycles. The lowest BCUT2D eigenvalue weighted by Crippen LogP contribution is -2.45. The van der Waals surface area contributed by atoms with E-state index in [1.54, 1.807) is 0 Å². The van der Waals surface area contributed by atoms with Gasteiger partial charge in [-0.1, -0.05) is 19.0 Å². The van der Waals surface area contributed by atoms with Gasteiger partial charge in [-0.3, -0.25) is 0 Å². The zero-order valence-electron chi connectivity index (χ0n) is 16.0. The molecule has 1 aromatic heterocycles. The first-order valence-electron chi connectivity index (χ1n) is 9.13. The molecule has 0 bridgehead atoms. The van der Waals surface area contributed by atoms with Crippen LogP contribution < -0.4 is 10.2 Å². The fourth-order valence-electron chi connectivity index (χ4n) is 3.20. The van der Waals surface area contributed by atoms with E-state index in [1.807, 2.05) is 51.7 Å². The van der Waals surface area contributed by atoms with Gasteiger partial charge in [0.2, 0.25) is 5.89 Å². The molecule has 0 spiro atoms. The van der Waals surface area contributed by atoms with Crippen LogP contribution in [0.4, 0.5) is 15.8 Å². The van der Waals surface area contributed by atoms with Crippen molar-refractivity contribution in [1.82, 2.24) is 10.1 Å². The van der Waals surface area contributed by atoms with Crippen LogP contribution in [0.1, 0.15) is 58.3 Å². The van der Waals surface area contributed by atoms with E-state index in [9.17, 15) is 4.39 Å². The van der Waals surface area contributed by atoms with Crippen molar-refractivity contribution in [1.29, 1.82) is 0 Å². The minimum atomic E-state index is -0.253. The van der Waals surface area contributed by atoms with Crippen LogP contribution in [-0.4, -0.2) is 35.4 Å². The quantitative estimate of drug-likeness (QED) is 0.863. The number of ether oxygens (including phenoxy) is 1. The monoisotopic (exact) mass is 362 g/mol. The third kappa shape index (κ3) is 4.15. The van der Waals surface area contributed by atoms with Crippen LogP contribution in [0.3, 0.4) is 0 Å². The molecule has 1 aliphatic heterocycles. The van der Waals surface area contributed by atoms with Crippen molar-refractivity contribution in [3.05, 3.63) is 35.7 Å². The molecule has 0 unspecified atom stereocenters. The maximum absolute atomic E-state index is 14.7. The number of anilines is 2. The van der Waals surface area contributed by atoms with Gasteiger partial charge >= 0.3 is 0 Å². The Kier molecular flexibility index (Phi) is 5.46. The van der Waals surface area contributed by atoms with Crippen LogP contribution >= 0.6 is 0 Å². The second-order valence-electron chi connectivity index (χ2n) is 7.34. The number of rotatable bonds is 5. The van der Waals surface area contributed by atoms with Gasteiger partial charge in [-0.05, 0) is 39.0 Å².